The first-order valence-corrected chi connectivity index (χ1v) is 9.88. The second-order valence-electron chi connectivity index (χ2n) is 8.08. The Morgan fingerprint density at radius 2 is 1.93 bits per heavy atom. The van der Waals surface area contributed by atoms with E-state index in [1.807, 2.05) is 6.07 Å². The lowest BCUT2D eigenvalue weighted by molar-refractivity contribution is 0.377. The van der Waals surface area contributed by atoms with Gasteiger partial charge in [-0.3, -0.25) is 9.55 Å². The quantitative estimate of drug-likeness (QED) is 0.614. The van der Waals surface area contributed by atoms with Crippen LogP contribution >= 0.6 is 11.6 Å². The van der Waals surface area contributed by atoms with Crippen LogP contribution in [-0.4, -0.2) is 43.1 Å². The molecule has 1 aliphatic rings. The molecular formula is C19H25ClN8. The molecule has 0 radical (unpaired) electrons. The fourth-order valence-electron chi connectivity index (χ4n) is 3.39. The summed E-state index contributed by atoms with van der Waals surface area (Å²) in [6, 6.07) is 2.14. The van der Waals surface area contributed by atoms with Crippen LogP contribution in [0.25, 0.3) is 11.2 Å². The predicted octanol–water partition coefficient (Wildman–Crippen LogP) is 3.75. The lowest BCUT2D eigenvalue weighted by Gasteiger charge is -2.26. The van der Waals surface area contributed by atoms with Crippen LogP contribution in [0.3, 0.4) is 0 Å². The normalized spacial score (nSPS) is 15.7. The Morgan fingerprint density at radius 3 is 2.64 bits per heavy atom. The number of anilines is 3. The SMILES string of the molecule is CC(C)(C)Nc1ncc2nc(Nc3cncc(Cl)c3)n(C3CCNCC3)c2n1. The summed E-state index contributed by atoms with van der Waals surface area (Å²) in [7, 11) is 0. The number of rotatable bonds is 4. The Labute approximate surface area is 169 Å². The zero-order valence-corrected chi connectivity index (χ0v) is 17.1. The van der Waals surface area contributed by atoms with Gasteiger partial charge < -0.3 is 16.0 Å². The van der Waals surface area contributed by atoms with Crippen LogP contribution in [-0.2, 0) is 0 Å². The number of pyridine rings is 1. The van der Waals surface area contributed by atoms with Gasteiger partial charge in [0.2, 0.25) is 11.9 Å². The van der Waals surface area contributed by atoms with Gasteiger partial charge in [0.25, 0.3) is 0 Å². The molecule has 4 rings (SSSR count). The molecule has 1 saturated heterocycles. The Morgan fingerprint density at radius 1 is 1.14 bits per heavy atom. The molecule has 28 heavy (non-hydrogen) atoms. The van der Waals surface area contributed by atoms with Gasteiger partial charge in [0.05, 0.1) is 23.1 Å². The van der Waals surface area contributed by atoms with Gasteiger partial charge in [0, 0.05) is 17.8 Å². The molecule has 9 heteroatoms. The highest BCUT2D eigenvalue weighted by atomic mass is 35.5. The highest BCUT2D eigenvalue weighted by molar-refractivity contribution is 6.30. The Hall–Kier alpha value is -2.45. The summed E-state index contributed by atoms with van der Waals surface area (Å²) < 4.78 is 2.19. The van der Waals surface area contributed by atoms with Crippen LogP contribution in [0.4, 0.5) is 17.6 Å². The van der Waals surface area contributed by atoms with Crippen molar-refractivity contribution >= 4 is 40.3 Å². The van der Waals surface area contributed by atoms with E-state index in [1.54, 1.807) is 18.6 Å². The van der Waals surface area contributed by atoms with Crippen LogP contribution < -0.4 is 16.0 Å². The van der Waals surface area contributed by atoms with Crippen molar-refractivity contribution in [3.63, 3.8) is 0 Å². The van der Waals surface area contributed by atoms with Gasteiger partial charge in [-0.25, -0.2) is 9.97 Å². The molecule has 0 atom stereocenters. The summed E-state index contributed by atoms with van der Waals surface area (Å²) in [6.07, 6.45) is 7.14. The van der Waals surface area contributed by atoms with E-state index in [-0.39, 0.29) is 5.54 Å². The Balaban J connectivity index is 1.78. The van der Waals surface area contributed by atoms with E-state index in [0.29, 0.717) is 17.0 Å². The van der Waals surface area contributed by atoms with Crippen LogP contribution in [0.1, 0.15) is 39.7 Å². The number of piperidine rings is 1. The zero-order valence-electron chi connectivity index (χ0n) is 16.3. The van der Waals surface area contributed by atoms with E-state index in [9.17, 15) is 0 Å². The third-order valence-corrected chi connectivity index (χ3v) is 4.76. The maximum Gasteiger partial charge on any atom is 0.225 e. The zero-order chi connectivity index (χ0) is 19.7. The number of halogens is 1. The van der Waals surface area contributed by atoms with Crippen LogP contribution in [0.15, 0.2) is 24.7 Å². The first-order chi connectivity index (χ1) is 13.4. The molecule has 0 aliphatic carbocycles. The van der Waals surface area contributed by atoms with Crippen molar-refractivity contribution in [2.75, 3.05) is 23.7 Å². The average Bonchev–Trinajstić information content (AvgIpc) is 2.98. The van der Waals surface area contributed by atoms with Crippen LogP contribution in [0.2, 0.25) is 5.02 Å². The third-order valence-electron chi connectivity index (χ3n) is 4.55. The lowest BCUT2D eigenvalue weighted by Crippen LogP contribution is -2.30. The van der Waals surface area contributed by atoms with Crippen molar-refractivity contribution in [1.29, 1.82) is 0 Å². The first kappa shape index (κ1) is 18.9. The Bertz CT molecular complexity index is 972. The molecule has 0 amide bonds. The summed E-state index contributed by atoms with van der Waals surface area (Å²) in [6.45, 7) is 8.21. The van der Waals surface area contributed by atoms with Gasteiger partial charge in [-0.1, -0.05) is 11.6 Å². The molecule has 0 saturated carbocycles. The number of hydrogen-bond acceptors (Lipinski definition) is 7. The van der Waals surface area contributed by atoms with E-state index >= 15 is 0 Å². The van der Waals surface area contributed by atoms with E-state index in [4.69, 9.17) is 21.6 Å². The second-order valence-corrected chi connectivity index (χ2v) is 8.52. The number of imidazole rings is 1. The van der Waals surface area contributed by atoms with E-state index < -0.39 is 0 Å². The van der Waals surface area contributed by atoms with Gasteiger partial charge in [-0.2, -0.15) is 4.98 Å². The molecule has 3 aromatic rings. The van der Waals surface area contributed by atoms with Gasteiger partial charge in [0.15, 0.2) is 5.65 Å². The second kappa shape index (κ2) is 7.52. The van der Waals surface area contributed by atoms with Crippen molar-refractivity contribution in [3.8, 4) is 0 Å². The largest absolute Gasteiger partial charge is 0.350 e. The number of hydrogen-bond donors (Lipinski definition) is 3. The smallest absolute Gasteiger partial charge is 0.225 e. The van der Waals surface area contributed by atoms with E-state index in [1.165, 1.54) is 0 Å². The molecule has 0 bridgehead atoms. The number of nitrogens with zero attached hydrogens (tertiary/aromatic N) is 5. The highest BCUT2D eigenvalue weighted by Gasteiger charge is 2.23. The summed E-state index contributed by atoms with van der Waals surface area (Å²) in [5, 5.41) is 10.7. The minimum Gasteiger partial charge on any atom is -0.350 e. The molecule has 4 heterocycles. The fourth-order valence-corrected chi connectivity index (χ4v) is 3.57. The monoisotopic (exact) mass is 400 g/mol. The van der Waals surface area contributed by atoms with Crippen molar-refractivity contribution in [1.82, 2.24) is 29.8 Å². The molecule has 3 N–H and O–H groups in total. The third kappa shape index (κ3) is 4.18. The van der Waals surface area contributed by atoms with E-state index in [0.717, 1.165) is 48.7 Å². The van der Waals surface area contributed by atoms with Gasteiger partial charge in [-0.15, -0.1) is 0 Å². The molecular weight excluding hydrogens is 376 g/mol. The van der Waals surface area contributed by atoms with Crippen LogP contribution in [0, 0.1) is 0 Å². The molecule has 1 fully saturated rings. The average molecular weight is 401 g/mol. The standard InChI is InChI=1S/C19H25ClN8/c1-19(2,3)27-17-23-11-15-16(26-17)28(14-4-6-21-7-5-14)18(25-15)24-13-8-12(20)9-22-10-13/h8-11,14,21H,4-7H2,1-3H3,(H,24,25)(H,23,26,27). The van der Waals surface area contributed by atoms with Crippen molar-refractivity contribution in [2.45, 2.75) is 45.2 Å². The maximum absolute atomic E-state index is 6.09. The molecule has 0 spiro atoms. The van der Waals surface area contributed by atoms with Gasteiger partial charge in [0.1, 0.15) is 5.52 Å². The maximum atomic E-state index is 6.09. The predicted molar refractivity (Wildman–Crippen MR) is 112 cm³/mol. The summed E-state index contributed by atoms with van der Waals surface area (Å²) in [5.74, 6) is 1.33. The van der Waals surface area contributed by atoms with Crippen molar-refractivity contribution in [3.05, 3.63) is 29.7 Å². The highest BCUT2D eigenvalue weighted by Crippen LogP contribution is 2.31. The molecule has 1 aliphatic heterocycles. The number of aromatic nitrogens is 5. The topological polar surface area (TPSA) is 92.6 Å². The number of nitrogens with one attached hydrogen (secondary N) is 3. The molecule has 8 nitrogen and oxygen atoms in total. The van der Waals surface area contributed by atoms with Gasteiger partial charge in [-0.05, 0) is 52.8 Å². The molecule has 3 aromatic heterocycles. The summed E-state index contributed by atoms with van der Waals surface area (Å²) in [5.41, 5.74) is 2.25. The summed E-state index contributed by atoms with van der Waals surface area (Å²) in [4.78, 5) is 18.1. The molecule has 148 valence electrons. The Kier molecular flexibility index (Phi) is 5.07. The fraction of sp³-hybridized carbons (Fsp3) is 0.474. The molecule has 0 aromatic carbocycles. The first-order valence-electron chi connectivity index (χ1n) is 9.50. The number of fused-ring (bicyclic) bond motifs is 1. The summed E-state index contributed by atoms with van der Waals surface area (Å²) >= 11 is 6.09. The molecule has 0 unspecified atom stereocenters. The van der Waals surface area contributed by atoms with Gasteiger partial charge >= 0.3 is 0 Å². The van der Waals surface area contributed by atoms with Crippen molar-refractivity contribution < 1.29 is 0 Å². The van der Waals surface area contributed by atoms with Crippen molar-refractivity contribution in [2.24, 2.45) is 0 Å². The minimum absolute atomic E-state index is 0.124. The van der Waals surface area contributed by atoms with E-state index in [2.05, 4.69) is 51.3 Å². The lowest BCUT2D eigenvalue weighted by atomic mass is 10.1. The van der Waals surface area contributed by atoms with Crippen LogP contribution in [0.5, 0.6) is 0 Å². The minimum atomic E-state index is -0.124.